The van der Waals surface area contributed by atoms with Crippen LogP contribution in [0.1, 0.15) is 23.7 Å². The van der Waals surface area contributed by atoms with Gasteiger partial charge in [-0.3, -0.25) is 4.79 Å². The van der Waals surface area contributed by atoms with Gasteiger partial charge in [0.15, 0.2) is 0 Å². The lowest BCUT2D eigenvalue weighted by molar-refractivity contribution is -0.192. The van der Waals surface area contributed by atoms with E-state index < -0.39 is 59.3 Å². The van der Waals surface area contributed by atoms with Gasteiger partial charge in [0.2, 0.25) is 11.6 Å². The van der Waals surface area contributed by atoms with Crippen molar-refractivity contribution in [2.24, 2.45) is 0 Å². The van der Waals surface area contributed by atoms with Crippen LogP contribution in [0, 0.1) is 0 Å². The number of carboxylic acid groups (broad SMARTS) is 2. The maximum Gasteiger partial charge on any atom is 0.490 e. The average molecular weight is 630 g/mol. The largest absolute Gasteiger partial charge is 0.491 e. The number of nitrogens with zero attached hydrogens (tertiary/aromatic N) is 3. The minimum atomic E-state index is -5.08. The summed E-state index contributed by atoms with van der Waals surface area (Å²) in [5.41, 5.74) is -0.494. The number of nitrogens with one attached hydrogen (secondary N) is 1. The summed E-state index contributed by atoms with van der Waals surface area (Å²) in [5.74, 6) is -4.62. The van der Waals surface area contributed by atoms with E-state index in [0.29, 0.717) is 16.9 Å². The number of aliphatic hydroxyl groups is 1. The average Bonchev–Trinajstić information content (AvgIpc) is 3.62. The van der Waals surface area contributed by atoms with Gasteiger partial charge in [0.05, 0.1) is 12.5 Å². The predicted octanol–water partition coefficient (Wildman–Crippen LogP) is 4.57. The molecule has 0 radical (unpaired) electrons. The summed E-state index contributed by atoms with van der Waals surface area (Å²) < 4.78 is 89.4. The molecule has 1 aliphatic heterocycles. The number of rotatable bonds is 7. The Kier molecular flexibility index (Phi) is 9.24. The second kappa shape index (κ2) is 12.7. The van der Waals surface area contributed by atoms with Gasteiger partial charge in [-0.25, -0.2) is 4.79 Å². The van der Waals surface area contributed by atoms with Crippen LogP contribution < -0.4 is 10.1 Å². The zero-order chi connectivity index (χ0) is 32.2. The zero-order valence-corrected chi connectivity index (χ0v) is 21.9. The van der Waals surface area contributed by atoms with E-state index in [1.54, 1.807) is 30.3 Å². The summed E-state index contributed by atoms with van der Waals surface area (Å²) in [6.45, 7) is 0.233. The Morgan fingerprint density at radius 2 is 1.64 bits per heavy atom. The minimum Gasteiger partial charge on any atom is -0.491 e. The maximum absolute atomic E-state index is 14.0. The molecule has 4 N–H and O–H groups in total. The molecule has 0 amide bonds. The van der Waals surface area contributed by atoms with Crippen LogP contribution in [0.4, 0.5) is 26.3 Å². The van der Waals surface area contributed by atoms with Gasteiger partial charge in [-0.2, -0.15) is 31.3 Å². The third-order valence-electron chi connectivity index (χ3n) is 6.02. The molecule has 2 unspecified atom stereocenters. The summed E-state index contributed by atoms with van der Waals surface area (Å²) in [4.78, 5) is 23.7. The second-order valence-electron chi connectivity index (χ2n) is 9.04. The van der Waals surface area contributed by atoms with E-state index in [-0.39, 0.29) is 31.0 Å². The number of carbonyl (C=O) groups is 2. The SMILES string of the molecule is O=C(O)C(F)(F)F.O=C(O)CCNC1COc2cc(-c3noc(-c4onc(-c5ccccc5)c4C(F)(F)F)n3)ccc2C1O. The van der Waals surface area contributed by atoms with Crippen LogP contribution in [0.25, 0.3) is 34.3 Å². The highest BCUT2D eigenvalue weighted by Gasteiger charge is 2.43. The first kappa shape index (κ1) is 32.0. The molecule has 3 heterocycles. The number of fused-ring (bicyclic) bond motifs is 1. The van der Waals surface area contributed by atoms with Gasteiger partial charge in [0.1, 0.15) is 29.7 Å². The van der Waals surface area contributed by atoms with Crippen LogP contribution in [-0.4, -0.2) is 67.9 Å². The van der Waals surface area contributed by atoms with E-state index in [4.69, 9.17) is 28.8 Å². The Hall–Kier alpha value is -4.97. The van der Waals surface area contributed by atoms with E-state index in [1.165, 1.54) is 18.2 Å². The molecule has 0 saturated heterocycles. The highest BCUT2D eigenvalue weighted by Crippen LogP contribution is 2.43. The van der Waals surface area contributed by atoms with Crippen LogP contribution in [-0.2, 0) is 15.8 Å². The van der Waals surface area contributed by atoms with Crippen molar-refractivity contribution in [2.75, 3.05) is 13.2 Å². The van der Waals surface area contributed by atoms with Gasteiger partial charge in [0.25, 0.3) is 5.89 Å². The molecular weight excluding hydrogens is 610 g/mol. The number of benzene rings is 2. The molecule has 18 heteroatoms. The van der Waals surface area contributed by atoms with Crippen molar-refractivity contribution >= 4 is 11.9 Å². The van der Waals surface area contributed by atoms with Crippen LogP contribution in [0.2, 0.25) is 0 Å². The summed E-state index contributed by atoms with van der Waals surface area (Å²) in [7, 11) is 0. The zero-order valence-electron chi connectivity index (χ0n) is 21.9. The fourth-order valence-corrected chi connectivity index (χ4v) is 3.99. The number of ether oxygens (including phenoxy) is 1. The first-order valence-corrected chi connectivity index (χ1v) is 12.3. The Morgan fingerprint density at radius 1 is 0.955 bits per heavy atom. The molecule has 12 nitrogen and oxygen atoms in total. The molecule has 2 aromatic heterocycles. The smallest absolute Gasteiger partial charge is 0.490 e. The molecule has 1 aliphatic rings. The molecule has 0 aliphatic carbocycles. The van der Waals surface area contributed by atoms with Gasteiger partial charge in [-0.1, -0.05) is 52.8 Å². The minimum absolute atomic E-state index is 0.0246. The van der Waals surface area contributed by atoms with Crippen molar-refractivity contribution in [3.8, 4) is 40.0 Å². The summed E-state index contributed by atoms with van der Waals surface area (Å²) in [6.07, 6.45) is -11.0. The highest BCUT2D eigenvalue weighted by molar-refractivity contribution is 5.73. The first-order chi connectivity index (χ1) is 20.7. The summed E-state index contributed by atoms with van der Waals surface area (Å²) >= 11 is 0. The van der Waals surface area contributed by atoms with Gasteiger partial charge in [0, 0.05) is 23.2 Å². The van der Waals surface area contributed by atoms with Crippen LogP contribution in [0.5, 0.6) is 5.75 Å². The Balaban J connectivity index is 0.000000566. The van der Waals surface area contributed by atoms with Crippen molar-refractivity contribution in [3.63, 3.8) is 0 Å². The number of hydrogen-bond acceptors (Lipinski definition) is 10. The number of aliphatic hydroxyl groups excluding tert-OH is 1. The van der Waals surface area contributed by atoms with Gasteiger partial charge in [-0.05, 0) is 6.07 Å². The molecule has 0 saturated carbocycles. The number of hydrogen-bond donors (Lipinski definition) is 4. The van der Waals surface area contributed by atoms with Crippen molar-refractivity contribution < 1.29 is 65.0 Å². The second-order valence-corrected chi connectivity index (χ2v) is 9.04. The van der Waals surface area contributed by atoms with Gasteiger partial charge >= 0.3 is 24.3 Å². The van der Waals surface area contributed by atoms with Crippen LogP contribution >= 0.6 is 0 Å². The third kappa shape index (κ3) is 7.32. The lowest BCUT2D eigenvalue weighted by atomic mass is 9.97. The molecule has 0 spiro atoms. The monoisotopic (exact) mass is 630 g/mol. The highest BCUT2D eigenvalue weighted by atomic mass is 19.4. The van der Waals surface area contributed by atoms with Gasteiger partial charge in [-0.15, -0.1) is 0 Å². The molecule has 234 valence electrons. The van der Waals surface area contributed by atoms with Crippen molar-refractivity contribution in [1.82, 2.24) is 20.6 Å². The third-order valence-corrected chi connectivity index (χ3v) is 6.02. The van der Waals surface area contributed by atoms with E-state index in [2.05, 4.69) is 20.6 Å². The van der Waals surface area contributed by atoms with E-state index in [0.717, 1.165) is 0 Å². The number of aliphatic carboxylic acids is 2. The fourth-order valence-electron chi connectivity index (χ4n) is 3.99. The fraction of sp³-hybridized carbons (Fsp3) is 0.269. The number of aromatic nitrogens is 3. The molecule has 2 atom stereocenters. The Bertz CT molecular complexity index is 1620. The van der Waals surface area contributed by atoms with Crippen LogP contribution in [0.3, 0.4) is 0 Å². The maximum atomic E-state index is 14.0. The molecular formula is C26H20F6N4O8. The lowest BCUT2D eigenvalue weighted by Crippen LogP contribution is -2.43. The predicted molar refractivity (Wildman–Crippen MR) is 134 cm³/mol. The number of alkyl halides is 6. The normalized spacial score (nSPS) is 16.3. The standard InChI is InChI=1S/C24H19F3N4O6.C2HF3O2/c25-24(26,27)18-19(12-4-2-1-3-5-12)30-36-21(18)23-29-22(31-37-23)13-6-7-14-16(10-13)35-11-15(20(14)34)28-9-8-17(32)33;3-2(4,5)1(6)7/h1-7,10,15,20,28,34H,8-9,11H2,(H,32,33);(H,6,7). The molecule has 2 aromatic carbocycles. The molecule has 44 heavy (non-hydrogen) atoms. The van der Waals surface area contributed by atoms with Gasteiger partial charge < -0.3 is 34.4 Å². The van der Waals surface area contributed by atoms with Crippen molar-refractivity contribution in [2.45, 2.75) is 30.9 Å². The Morgan fingerprint density at radius 3 is 2.25 bits per heavy atom. The number of halogens is 6. The quantitative estimate of drug-likeness (QED) is 0.209. The summed E-state index contributed by atoms with van der Waals surface area (Å²) in [5, 5.41) is 36.9. The number of carboxylic acids is 2. The van der Waals surface area contributed by atoms with E-state index in [1.807, 2.05) is 0 Å². The molecule has 4 aromatic rings. The molecule has 5 rings (SSSR count). The topological polar surface area (TPSA) is 181 Å². The Labute approximate surface area is 241 Å². The van der Waals surface area contributed by atoms with E-state index >= 15 is 0 Å². The van der Waals surface area contributed by atoms with E-state index in [9.17, 15) is 36.2 Å². The molecule has 0 fully saturated rings. The first-order valence-electron chi connectivity index (χ1n) is 12.3. The lowest BCUT2D eigenvalue weighted by Gasteiger charge is -2.31. The summed E-state index contributed by atoms with van der Waals surface area (Å²) in [6, 6.07) is 11.9. The van der Waals surface area contributed by atoms with Crippen molar-refractivity contribution in [3.05, 3.63) is 59.7 Å². The molecule has 0 bridgehead atoms. The van der Waals surface area contributed by atoms with Crippen LogP contribution in [0.15, 0.2) is 57.6 Å². The van der Waals surface area contributed by atoms with Crippen molar-refractivity contribution in [1.29, 1.82) is 0 Å².